The Balaban J connectivity index is 1.60. The second kappa shape index (κ2) is 6.44. The van der Waals surface area contributed by atoms with Gasteiger partial charge in [0.05, 0.1) is 29.3 Å². The first kappa shape index (κ1) is 15.0. The molecular weight excluding hydrogens is 318 g/mol. The number of aryl methyl sites for hydroxylation is 1. The molecule has 0 radical (unpaired) electrons. The number of nitrogens with one attached hydrogen (secondary N) is 1. The lowest BCUT2D eigenvalue weighted by molar-refractivity contribution is -0.119. The standard InChI is InChI=1S/C14H11N5O3S/c1-8-5-16-11(6-15-8)14(21)22-7-12(20)17-9-3-2-4-10-13(9)19-23-18-10/h2-6H,7H2,1H3,(H,17,20). The fraction of sp³-hybridized carbons (Fsp3) is 0.143. The van der Waals surface area contributed by atoms with Crippen molar-refractivity contribution in [3.63, 3.8) is 0 Å². The van der Waals surface area contributed by atoms with Crippen LogP contribution >= 0.6 is 11.7 Å². The van der Waals surface area contributed by atoms with Crippen LogP contribution in [0, 0.1) is 6.92 Å². The van der Waals surface area contributed by atoms with E-state index in [0.29, 0.717) is 22.4 Å². The Hall–Kier alpha value is -2.94. The van der Waals surface area contributed by atoms with Gasteiger partial charge < -0.3 is 10.1 Å². The molecule has 0 aliphatic heterocycles. The molecule has 0 spiro atoms. The molecule has 1 amide bonds. The number of fused-ring (bicyclic) bond motifs is 1. The Kier molecular flexibility index (Phi) is 4.20. The monoisotopic (exact) mass is 329 g/mol. The van der Waals surface area contributed by atoms with E-state index >= 15 is 0 Å². The van der Waals surface area contributed by atoms with Gasteiger partial charge in [0.25, 0.3) is 5.91 Å². The number of hydrogen-bond donors (Lipinski definition) is 1. The molecular formula is C14H11N5O3S. The summed E-state index contributed by atoms with van der Waals surface area (Å²) in [7, 11) is 0. The van der Waals surface area contributed by atoms with Gasteiger partial charge in [-0.25, -0.2) is 9.78 Å². The summed E-state index contributed by atoms with van der Waals surface area (Å²) in [5.74, 6) is -1.18. The van der Waals surface area contributed by atoms with E-state index in [2.05, 4.69) is 24.0 Å². The van der Waals surface area contributed by atoms with Gasteiger partial charge in [-0.3, -0.25) is 9.78 Å². The predicted octanol–water partition coefficient (Wildman–Crippen LogP) is 1.59. The van der Waals surface area contributed by atoms with Crippen LogP contribution in [-0.4, -0.2) is 37.2 Å². The van der Waals surface area contributed by atoms with Crippen LogP contribution in [0.15, 0.2) is 30.6 Å². The van der Waals surface area contributed by atoms with Crippen LogP contribution in [-0.2, 0) is 9.53 Å². The molecule has 8 nitrogen and oxygen atoms in total. The van der Waals surface area contributed by atoms with Crippen LogP contribution in [0.1, 0.15) is 16.2 Å². The molecule has 9 heteroatoms. The Bertz CT molecular complexity index is 862. The van der Waals surface area contributed by atoms with E-state index < -0.39 is 18.5 Å². The van der Waals surface area contributed by atoms with E-state index in [1.165, 1.54) is 12.4 Å². The lowest BCUT2D eigenvalue weighted by Gasteiger charge is -2.06. The number of ether oxygens (including phenoxy) is 1. The van der Waals surface area contributed by atoms with Crippen LogP contribution in [0.2, 0.25) is 0 Å². The van der Waals surface area contributed by atoms with Crippen molar-refractivity contribution >= 4 is 40.3 Å². The van der Waals surface area contributed by atoms with E-state index in [9.17, 15) is 9.59 Å². The van der Waals surface area contributed by atoms with Crippen molar-refractivity contribution < 1.29 is 14.3 Å². The molecule has 1 aromatic carbocycles. The highest BCUT2D eigenvalue weighted by Gasteiger charge is 2.13. The zero-order chi connectivity index (χ0) is 16.2. The zero-order valence-corrected chi connectivity index (χ0v) is 12.8. The Morgan fingerprint density at radius 2 is 2.09 bits per heavy atom. The first-order valence-electron chi connectivity index (χ1n) is 6.60. The lowest BCUT2D eigenvalue weighted by atomic mass is 10.2. The van der Waals surface area contributed by atoms with E-state index in [0.717, 1.165) is 11.7 Å². The Morgan fingerprint density at radius 3 is 2.87 bits per heavy atom. The maximum atomic E-state index is 11.9. The van der Waals surface area contributed by atoms with Crippen molar-refractivity contribution in [1.82, 2.24) is 18.7 Å². The first-order chi connectivity index (χ1) is 11.1. The second-order valence-corrected chi connectivity index (χ2v) is 5.13. The number of amides is 1. The Labute approximate surface area is 134 Å². The average Bonchev–Trinajstić information content (AvgIpc) is 3.03. The number of anilines is 1. The van der Waals surface area contributed by atoms with Crippen molar-refractivity contribution in [2.75, 3.05) is 11.9 Å². The largest absolute Gasteiger partial charge is 0.451 e. The molecule has 23 heavy (non-hydrogen) atoms. The number of rotatable bonds is 4. The van der Waals surface area contributed by atoms with E-state index in [1.807, 2.05) is 0 Å². The molecule has 0 aliphatic carbocycles. The topological polar surface area (TPSA) is 107 Å². The molecule has 3 rings (SSSR count). The van der Waals surface area contributed by atoms with Crippen molar-refractivity contribution in [3.05, 3.63) is 42.0 Å². The van der Waals surface area contributed by atoms with Gasteiger partial charge in [0.2, 0.25) is 0 Å². The molecule has 0 fully saturated rings. The van der Waals surface area contributed by atoms with E-state index in [4.69, 9.17) is 4.74 Å². The van der Waals surface area contributed by atoms with Crippen LogP contribution in [0.5, 0.6) is 0 Å². The SMILES string of the molecule is Cc1cnc(C(=O)OCC(=O)Nc2cccc3nsnc23)cn1. The minimum Gasteiger partial charge on any atom is -0.451 e. The normalized spacial score (nSPS) is 10.5. The molecule has 0 saturated carbocycles. The van der Waals surface area contributed by atoms with Crippen molar-refractivity contribution in [1.29, 1.82) is 0 Å². The maximum absolute atomic E-state index is 11.9. The minimum absolute atomic E-state index is 0.0502. The molecule has 0 saturated heterocycles. The van der Waals surface area contributed by atoms with Gasteiger partial charge >= 0.3 is 5.97 Å². The molecule has 2 heterocycles. The third kappa shape index (κ3) is 3.46. The molecule has 116 valence electrons. The average molecular weight is 329 g/mol. The van der Waals surface area contributed by atoms with Crippen LogP contribution < -0.4 is 5.32 Å². The summed E-state index contributed by atoms with van der Waals surface area (Å²) in [4.78, 5) is 31.5. The summed E-state index contributed by atoms with van der Waals surface area (Å²) in [5, 5.41) is 2.64. The number of aromatic nitrogens is 4. The number of hydrogen-bond acceptors (Lipinski definition) is 8. The van der Waals surface area contributed by atoms with E-state index in [-0.39, 0.29) is 5.69 Å². The lowest BCUT2D eigenvalue weighted by Crippen LogP contribution is -2.21. The molecule has 1 N–H and O–H groups in total. The van der Waals surface area contributed by atoms with Gasteiger partial charge in [-0.15, -0.1) is 0 Å². The van der Waals surface area contributed by atoms with Crippen LogP contribution in [0.4, 0.5) is 5.69 Å². The number of esters is 1. The van der Waals surface area contributed by atoms with Gasteiger partial charge in [0.15, 0.2) is 12.3 Å². The smallest absolute Gasteiger partial charge is 0.359 e. The molecule has 0 bridgehead atoms. The summed E-state index contributed by atoms with van der Waals surface area (Å²) < 4.78 is 13.1. The summed E-state index contributed by atoms with van der Waals surface area (Å²) in [6.07, 6.45) is 2.75. The third-order valence-electron chi connectivity index (χ3n) is 2.88. The maximum Gasteiger partial charge on any atom is 0.359 e. The van der Waals surface area contributed by atoms with Crippen molar-refractivity contribution in [3.8, 4) is 0 Å². The first-order valence-corrected chi connectivity index (χ1v) is 7.33. The quantitative estimate of drug-likeness (QED) is 0.724. The van der Waals surface area contributed by atoms with Gasteiger partial charge in [-0.2, -0.15) is 8.75 Å². The third-order valence-corrected chi connectivity index (χ3v) is 3.43. The van der Waals surface area contributed by atoms with Crippen molar-refractivity contribution in [2.45, 2.75) is 6.92 Å². The molecule has 0 unspecified atom stereocenters. The zero-order valence-electron chi connectivity index (χ0n) is 12.0. The van der Waals surface area contributed by atoms with Gasteiger partial charge in [-0.05, 0) is 19.1 Å². The molecule has 3 aromatic rings. The fourth-order valence-electron chi connectivity index (χ4n) is 1.80. The molecule has 2 aromatic heterocycles. The Morgan fingerprint density at radius 1 is 1.22 bits per heavy atom. The van der Waals surface area contributed by atoms with E-state index in [1.54, 1.807) is 25.1 Å². The highest BCUT2D eigenvalue weighted by atomic mass is 32.1. The van der Waals surface area contributed by atoms with Crippen molar-refractivity contribution in [2.24, 2.45) is 0 Å². The van der Waals surface area contributed by atoms with Crippen LogP contribution in [0.25, 0.3) is 11.0 Å². The number of carbonyl (C=O) groups is 2. The minimum atomic E-state index is -0.707. The number of carbonyl (C=O) groups excluding carboxylic acids is 2. The van der Waals surface area contributed by atoms with Gasteiger partial charge in [-0.1, -0.05) is 6.07 Å². The number of nitrogens with zero attached hydrogens (tertiary/aromatic N) is 4. The summed E-state index contributed by atoms with van der Waals surface area (Å²) in [6.45, 7) is 1.33. The molecule has 0 atom stereocenters. The molecule has 0 aliphatic rings. The second-order valence-electron chi connectivity index (χ2n) is 4.60. The summed E-state index contributed by atoms with van der Waals surface area (Å²) in [5.41, 5.74) is 2.55. The fourth-order valence-corrected chi connectivity index (χ4v) is 2.35. The van der Waals surface area contributed by atoms with Gasteiger partial charge in [0, 0.05) is 6.20 Å². The highest BCUT2D eigenvalue weighted by Crippen LogP contribution is 2.20. The predicted molar refractivity (Wildman–Crippen MR) is 83.1 cm³/mol. The summed E-state index contributed by atoms with van der Waals surface area (Å²) in [6, 6.07) is 5.26. The van der Waals surface area contributed by atoms with Gasteiger partial charge in [0.1, 0.15) is 11.0 Å². The summed E-state index contributed by atoms with van der Waals surface area (Å²) >= 11 is 1.06. The highest BCUT2D eigenvalue weighted by molar-refractivity contribution is 7.00. The van der Waals surface area contributed by atoms with Crippen LogP contribution in [0.3, 0.4) is 0 Å². The number of benzene rings is 1.